The molecule has 0 saturated carbocycles. The highest BCUT2D eigenvalue weighted by Gasteiger charge is 2.37. The van der Waals surface area contributed by atoms with Gasteiger partial charge in [0.1, 0.15) is 5.75 Å². The second-order valence-corrected chi connectivity index (χ2v) is 8.72. The summed E-state index contributed by atoms with van der Waals surface area (Å²) in [6.45, 7) is -0.338. The van der Waals surface area contributed by atoms with Crippen LogP contribution in [0.4, 0.5) is 29.3 Å². The Kier molecular flexibility index (Phi) is 7.17. The van der Waals surface area contributed by atoms with Gasteiger partial charge < -0.3 is 4.74 Å². The van der Waals surface area contributed by atoms with E-state index >= 15 is 0 Å². The van der Waals surface area contributed by atoms with E-state index in [1.165, 1.54) is 48.5 Å². The Bertz CT molecular complexity index is 1510. The van der Waals surface area contributed by atoms with Crippen LogP contribution in [0.1, 0.15) is 16.7 Å². The summed E-state index contributed by atoms with van der Waals surface area (Å²) >= 11 is 0.578. The summed E-state index contributed by atoms with van der Waals surface area (Å²) in [5.41, 5.74) is -2.04. The average Bonchev–Trinajstić information content (AvgIpc) is 3.12. The molecule has 38 heavy (non-hydrogen) atoms. The smallest absolute Gasteiger partial charge is 0.416 e. The molecule has 0 aromatic heterocycles. The van der Waals surface area contributed by atoms with E-state index in [2.05, 4.69) is 0 Å². The zero-order valence-electron chi connectivity index (χ0n) is 18.9. The van der Waals surface area contributed by atoms with Gasteiger partial charge in [0, 0.05) is 23.3 Å². The van der Waals surface area contributed by atoms with Gasteiger partial charge in [-0.2, -0.15) is 13.2 Å². The molecule has 0 spiro atoms. The SMILES string of the molecule is O=C1S/C(=C/c2ccccc2Oc2ccc(C(F)(F)F)cc2[N+](=O)[O-])C(=O)N1Cc1ccccc1[N+](=O)[O-]. The monoisotopic (exact) mass is 545 g/mol. The Morgan fingerprint density at radius 3 is 2.24 bits per heavy atom. The van der Waals surface area contributed by atoms with Gasteiger partial charge >= 0.3 is 11.9 Å². The van der Waals surface area contributed by atoms with Gasteiger partial charge in [-0.25, -0.2) is 0 Å². The lowest BCUT2D eigenvalue weighted by atomic mass is 10.1. The summed E-state index contributed by atoms with van der Waals surface area (Å²) in [6, 6.07) is 13.4. The number of nitro groups is 2. The number of carbonyl (C=O) groups excluding carboxylic acids is 2. The molecule has 1 saturated heterocycles. The van der Waals surface area contributed by atoms with Crippen molar-refractivity contribution >= 4 is 40.4 Å². The molecule has 4 rings (SSSR count). The van der Waals surface area contributed by atoms with Crippen LogP contribution < -0.4 is 4.74 Å². The predicted octanol–water partition coefficient (Wildman–Crippen LogP) is 6.55. The summed E-state index contributed by atoms with van der Waals surface area (Å²) in [5, 5.41) is 22.0. The lowest BCUT2D eigenvalue weighted by molar-refractivity contribution is -0.385. The van der Waals surface area contributed by atoms with Crippen LogP contribution in [0.3, 0.4) is 0 Å². The maximum absolute atomic E-state index is 13.0. The third kappa shape index (κ3) is 5.49. The van der Waals surface area contributed by atoms with Crippen molar-refractivity contribution in [2.45, 2.75) is 12.7 Å². The summed E-state index contributed by atoms with van der Waals surface area (Å²) < 4.78 is 44.6. The van der Waals surface area contributed by atoms with Crippen LogP contribution in [-0.4, -0.2) is 25.9 Å². The van der Waals surface area contributed by atoms with Gasteiger partial charge in [-0.15, -0.1) is 0 Å². The first kappa shape index (κ1) is 26.3. The first-order chi connectivity index (χ1) is 18.0. The Morgan fingerprint density at radius 1 is 0.895 bits per heavy atom. The molecule has 3 aromatic carbocycles. The van der Waals surface area contributed by atoms with Crippen molar-refractivity contribution < 1.29 is 37.3 Å². The summed E-state index contributed by atoms with van der Waals surface area (Å²) in [7, 11) is 0. The van der Waals surface area contributed by atoms with Crippen molar-refractivity contribution in [3.8, 4) is 11.5 Å². The molecule has 2 amide bonds. The Morgan fingerprint density at radius 2 is 1.55 bits per heavy atom. The van der Waals surface area contributed by atoms with E-state index < -0.39 is 44.2 Å². The van der Waals surface area contributed by atoms with Crippen molar-refractivity contribution in [3.05, 3.63) is 109 Å². The fraction of sp³-hybridized carbons (Fsp3) is 0.0833. The van der Waals surface area contributed by atoms with E-state index in [1.54, 1.807) is 6.07 Å². The van der Waals surface area contributed by atoms with Gasteiger partial charge in [-0.3, -0.25) is 34.7 Å². The van der Waals surface area contributed by atoms with Crippen LogP contribution in [0.2, 0.25) is 0 Å². The molecule has 0 aliphatic carbocycles. The molecule has 10 nitrogen and oxygen atoms in total. The molecule has 3 aromatic rings. The second-order valence-electron chi connectivity index (χ2n) is 7.73. The quantitative estimate of drug-likeness (QED) is 0.185. The number of benzene rings is 3. The van der Waals surface area contributed by atoms with Crippen LogP contribution >= 0.6 is 11.8 Å². The van der Waals surface area contributed by atoms with E-state index in [4.69, 9.17) is 4.74 Å². The fourth-order valence-electron chi connectivity index (χ4n) is 3.50. The standard InChI is InChI=1S/C24H14F3N3O7S/c25-24(26,27)16-9-10-20(18(12-16)30(35)36)37-19-8-4-2-5-14(19)11-21-22(31)28(23(32)38-21)13-15-6-1-3-7-17(15)29(33)34/h1-12H,13H2/b21-11+. The molecule has 194 valence electrons. The van der Waals surface area contributed by atoms with Gasteiger partial charge in [-0.05, 0) is 36.0 Å². The van der Waals surface area contributed by atoms with Gasteiger partial charge in [0.25, 0.3) is 16.8 Å². The van der Waals surface area contributed by atoms with E-state index in [0.717, 1.165) is 11.0 Å². The van der Waals surface area contributed by atoms with E-state index in [-0.39, 0.29) is 34.0 Å². The number of imide groups is 1. The molecule has 1 heterocycles. The van der Waals surface area contributed by atoms with Gasteiger partial charge in [-0.1, -0.05) is 36.4 Å². The van der Waals surface area contributed by atoms with Crippen LogP contribution in [0.15, 0.2) is 71.6 Å². The molecule has 14 heteroatoms. The molecule has 0 unspecified atom stereocenters. The van der Waals surface area contributed by atoms with Gasteiger partial charge in [0.2, 0.25) is 5.75 Å². The number of alkyl halides is 3. The lowest BCUT2D eigenvalue weighted by Gasteiger charge is -2.13. The lowest BCUT2D eigenvalue weighted by Crippen LogP contribution is -2.27. The number of carbonyl (C=O) groups is 2. The van der Waals surface area contributed by atoms with Gasteiger partial charge in [0.05, 0.1) is 26.9 Å². The topological polar surface area (TPSA) is 133 Å². The number of para-hydroxylation sites is 2. The number of nitrogens with zero attached hydrogens (tertiary/aromatic N) is 3. The number of rotatable bonds is 7. The van der Waals surface area contributed by atoms with Crippen LogP contribution in [-0.2, 0) is 17.5 Å². The van der Waals surface area contributed by atoms with Crippen LogP contribution in [0, 0.1) is 20.2 Å². The third-order valence-corrected chi connectivity index (χ3v) is 6.21. The minimum Gasteiger partial charge on any atom is -0.449 e. The van der Waals surface area contributed by atoms with Crippen molar-refractivity contribution in [2.75, 3.05) is 0 Å². The summed E-state index contributed by atoms with van der Waals surface area (Å²) in [4.78, 5) is 47.3. The minimum atomic E-state index is -4.80. The number of halogens is 3. The number of hydrogen-bond acceptors (Lipinski definition) is 8. The number of nitro benzene ring substituents is 2. The Hall–Kier alpha value is -4.72. The van der Waals surface area contributed by atoms with Crippen LogP contribution in [0.5, 0.6) is 11.5 Å². The molecule has 0 N–H and O–H groups in total. The highest BCUT2D eigenvalue weighted by atomic mass is 32.2. The highest BCUT2D eigenvalue weighted by Crippen LogP contribution is 2.40. The number of ether oxygens (including phenoxy) is 1. The van der Waals surface area contributed by atoms with Crippen LogP contribution in [0.25, 0.3) is 6.08 Å². The Labute approximate surface area is 215 Å². The van der Waals surface area contributed by atoms with Crippen molar-refractivity contribution in [2.24, 2.45) is 0 Å². The molecule has 0 atom stereocenters. The Balaban J connectivity index is 1.63. The molecule has 1 fully saturated rings. The molecular weight excluding hydrogens is 531 g/mol. The van der Waals surface area contributed by atoms with E-state index in [9.17, 15) is 43.0 Å². The summed E-state index contributed by atoms with van der Waals surface area (Å²) in [5.74, 6) is -1.22. The van der Waals surface area contributed by atoms with Crippen molar-refractivity contribution in [1.82, 2.24) is 4.90 Å². The largest absolute Gasteiger partial charge is 0.449 e. The minimum absolute atomic E-state index is 0.0270. The highest BCUT2D eigenvalue weighted by molar-refractivity contribution is 8.18. The van der Waals surface area contributed by atoms with E-state index in [1.807, 2.05) is 0 Å². The van der Waals surface area contributed by atoms with Gasteiger partial charge in [0.15, 0.2) is 0 Å². The fourth-order valence-corrected chi connectivity index (χ4v) is 4.33. The molecule has 0 bridgehead atoms. The van der Waals surface area contributed by atoms with Crippen molar-refractivity contribution in [1.29, 1.82) is 0 Å². The normalized spacial score (nSPS) is 14.7. The number of amides is 2. The molecule has 0 radical (unpaired) electrons. The summed E-state index contributed by atoms with van der Waals surface area (Å²) in [6.07, 6.45) is -3.51. The average molecular weight is 545 g/mol. The zero-order chi connectivity index (χ0) is 27.6. The third-order valence-electron chi connectivity index (χ3n) is 5.30. The molecule has 1 aliphatic rings. The molecule has 1 aliphatic heterocycles. The van der Waals surface area contributed by atoms with E-state index in [0.29, 0.717) is 23.9 Å². The maximum atomic E-state index is 13.0. The zero-order valence-corrected chi connectivity index (χ0v) is 19.7. The maximum Gasteiger partial charge on any atom is 0.416 e. The number of hydrogen-bond donors (Lipinski definition) is 0. The second kappa shape index (κ2) is 10.3. The first-order valence-electron chi connectivity index (χ1n) is 10.6. The first-order valence-corrected chi connectivity index (χ1v) is 11.4. The van der Waals surface area contributed by atoms with Crippen molar-refractivity contribution in [3.63, 3.8) is 0 Å². The predicted molar refractivity (Wildman–Crippen MR) is 129 cm³/mol. The number of thioether (sulfide) groups is 1. The molecular formula is C24H14F3N3O7S.